The van der Waals surface area contributed by atoms with Crippen molar-refractivity contribution in [2.75, 3.05) is 30.8 Å². The van der Waals surface area contributed by atoms with Crippen molar-refractivity contribution in [1.82, 2.24) is 14.9 Å². The Kier molecular flexibility index (Phi) is 12.7. The van der Waals surface area contributed by atoms with E-state index in [1.54, 1.807) is 13.3 Å². The first kappa shape index (κ1) is 37.8. The molecule has 1 aliphatic rings. The number of rotatable bonds is 14. The van der Waals surface area contributed by atoms with E-state index < -0.39 is 5.60 Å². The van der Waals surface area contributed by atoms with Gasteiger partial charge in [-0.15, -0.1) is 0 Å². The van der Waals surface area contributed by atoms with Gasteiger partial charge in [0.2, 0.25) is 5.95 Å². The van der Waals surface area contributed by atoms with Gasteiger partial charge in [-0.2, -0.15) is 4.98 Å². The van der Waals surface area contributed by atoms with Crippen LogP contribution in [0.15, 0.2) is 65.7 Å². The first-order valence-corrected chi connectivity index (χ1v) is 19.8. The van der Waals surface area contributed by atoms with E-state index in [0.717, 1.165) is 77.3 Å². The largest absolute Gasteiger partial charge is 0.495 e. The molecule has 2 atom stereocenters. The molecule has 11 heteroatoms. The molecule has 266 valence electrons. The summed E-state index contributed by atoms with van der Waals surface area (Å²) in [5.74, 6) is 2.01. The molecule has 1 aromatic heterocycles. The van der Waals surface area contributed by atoms with Crippen molar-refractivity contribution in [2.45, 2.75) is 82.6 Å². The van der Waals surface area contributed by atoms with Gasteiger partial charge in [-0.05, 0) is 89.8 Å². The molecule has 3 aromatic carbocycles. The molecule has 1 fully saturated rings. The van der Waals surface area contributed by atoms with Crippen molar-refractivity contribution < 1.29 is 14.6 Å². The first-order valence-electron chi connectivity index (χ1n) is 17.2. The summed E-state index contributed by atoms with van der Waals surface area (Å²) in [6, 6.07) is 17.9. The lowest BCUT2D eigenvalue weighted by Gasteiger charge is -2.39. The number of nitrogens with one attached hydrogen (secondary N) is 2. The fourth-order valence-corrected chi connectivity index (χ4v) is 7.88. The average molecular weight is 734 g/mol. The number of hydrogen-bond acceptors (Lipinski definition) is 9. The number of halogens is 1. The Morgan fingerprint density at radius 2 is 1.82 bits per heavy atom. The molecule has 50 heavy (non-hydrogen) atoms. The lowest BCUT2D eigenvalue weighted by molar-refractivity contribution is -0.0278. The molecule has 0 radical (unpaired) electrons. The van der Waals surface area contributed by atoms with Gasteiger partial charge in [0, 0.05) is 35.3 Å². The molecule has 2 unspecified atom stereocenters. The number of carbonyl (C=O) groups is 1. The Balaban J connectivity index is 1.28. The van der Waals surface area contributed by atoms with Gasteiger partial charge in [-0.3, -0.25) is 9.69 Å². The van der Waals surface area contributed by atoms with Crippen LogP contribution in [-0.2, 0) is 39.2 Å². The molecular formula is C39H48ClN5O3S2. The minimum absolute atomic E-state index is 0.323. The van der Waals surface area contributed by atoms with Crippen molar-refractivity contribution in [2.24, 2.45) is 5.92 Å². The second-order valence-electron chi connectivity index (χ2n) is 13.5. The van der Waals surface area contributed by atoms with Crippen LogP contribution >= 0.6 is 11.6 Å². The number of likely N-dealkylation sites (tertiary alicyclic amines) is 1. The van der Waals surface area contributed by atoms with Crippen molar-refractivity contribution in [3.05, 3.63) is 93.6 Å². The van der Waals surface area contributed by atoms with Gasteiger partial charge in [0.25, 0.3) is 0 Å². The standard InChI is InChI=1S/C39H48ClN5O3S2/c1-7-26(4)18-29-20-31(13-12-28(29)24-46)39(47)14-16-45(17-15-39)23-30-21-35(48-6)34(19-27(30)5)43-38-41-22-32(40)37(44-38)42-33-10-8-9-11-36(33)50(49)25(2)3/h8-13,19-22,24-26,47H,7,14-18,23H2,1-6H3,(H2,41,42,43,44). The zero-order chi connectivity index (χ0) is 36.0. The summed E-state index contributed by atoms with van der Waals surface area (Å²) in [7, 11) is 1.28. The van der Waals surface area contributed by atoms with Gasteiger partial charge in [-0.25, -0.2) is 4.98 Å². The van der Waals surface area contributed by atoms with E-state index in [1.165, 1.54) is 0 Å². The molecule has 0 amide bonds. The molecule has 0 saturated carbocycles. The summed E-state index contributed by atoms with van der Waals surface area (Å²) >= 11 is 12.3. The van der Waals surface area contributed by atoms with Crippen LogP contribution in [-0.4, -0.2) is 51.7 Å². The van der Waals surface area contributed by atoms with E-state index in [4.69, 9.17) is 32.5 Å². The predicted octanol–water partition coefficient (Wildman–Crippen LogP) is 8.67. The van der Waals surface area contributed by atoms with Crippen LogP contribution in [0.1, 0.15) is 79.6 Å². The van der Waals surface area contributed by atoms with Crippen LogP contribution in [0.3, 0.4) is 0 Å². The number of benzene rings is 3. The second-order valence-corrected chi connectivity index (χ2v) is 17.0. The third kappa shape index (κ3) is 8.90. The van der Waals surface area contributed by atoms with Gasteiger partial charge >= 0.3 is 0 Å². The zero-order valence-electron chi connectivity index (χ0n) is 29.8. The fourth-order valence-electron chi connectivity index (χ4n) is 6.25. The number of aldehydes is 1. The van der Waals surface area contributed by atoms with Gasteiger partial charge in [0.05, 0.1) is 30.3 Å². The molecule has 8 nitrogen and oxygen atoms in total. The summed E-state index contributed by atoms with van der Waals surface area (Å²) in [6.45, 7) is 12.9. The molecule has 0 spiro atoms. The van der Waals surface area contributed by atoms with Crippen molar-refractivity contribution >= 4 is 61.7 Å². The van der Waals surface area contributed by atoms with E-state index in [9.17, 15) is 9.90 Å². The number of anilines is 4. The highest BCUT2D eigenvalue weighted by molar-refractivity contribution is 8.29. The SMILES string of the molecule is CCC(C)Cc1cc(C2(O)CCN(Cc3cc(OC)c(Nc4ncc(Cl)c(Nc5ccccc5S(=S)C(C)C)n4)cc3C)CC2)ccc1C=O. The number of ether oxygens (including phenoxy) is 1. The monoisotopic (exact) mass is 733 g/mol. The van der Waals surface area contributed by atoms with Gasteiger partial charge in [-0.1, -0.05) is 85.5 Å². The molecule has 2 heterocycles. The minimum atomic E-state index is -0.918. The van der Waals surface area contributed by atoms with Gasteiger partial charge in [0.15, 0.2) is 5.82 Å². The van der Waals surface area contributed by atoms with E-state index in [-0.39, 0.29) is 9.45 Å². The highest BCUT2D eigenvalue weighted by Gasteiger charge is 2.34. The summed E-state index contributed by atoms with van der Waals surface area (Å²) in [5, 5.41) is 19.2. The van der Waals surface area contributed by atoms with E-state index in [2.05, 4.69) is 67.3 Å². The van der Waals surface area contributed by atoms with E-state index >= 15 is 0 Å². The number of methoxy groups -OCH3 is 1. The Labute approximate surface area is 308 Å². The molecule has 3 N–H and O–H groups in total. The summed E-state index contributed by atoms with van der Waals surface area (Å²) in [5.41, 5.74) is 5.59. The maximum atomic E-state index is 11.7. The molecule has 5 rings (SSSR count). The molecular weight excluding hydrogens is 686 g/mol. The highest BCUT2D eigenvalue weighted by atomic mass is 35.5. The normalized spacial score (nSPS) is 15.8. The summed E-state index contributed by atoms with van der Waals surface area (Å²) in [4.78, 5) is 24.3. The van der Waals surface area contributed by atoms with Crippen LogP contribution in [0, 0.1) is 12.8 Å². The van der Waals surface area contributed by atoms with Crippen molar-refractivity contribution in [3.8, 4) is 5.75 Å². The minimum Gasteiger partial charge on any atom is -0.495 e. The van der Waals surface area contributed by atoms with Crippen LogP contribution in [0.4, 0.5) is 23.1 Å². The Hall–Kier alpha value is -3.41. The summed E-state index contributed by atoms with van der Waals surface area (Å²) < 4.78 is 5.82. The predicted molar refractivity (Wildman–Crippen MR) is 209 cm³/mol. The number of para-hydroxylation sites is 1. The number of nitrogens with zero attached hydrogens (tertiary/aromatic N) is 3. The maximum absolute atomic E-state index is 11.7. The van der Waals surface area contributed by atoms with Crippen LogP contribution < -0.4 is 15.4 Å². The molecule has 4 aromatic rings. The number of carbonyl (C=O) groups excluding carboxylic acids is 1. The van der Waals surface area contributed by atoms with Gasteiger partial charge < -0.3 is 20.5 Å². The second kappa shape index (κ2) is 16.7. The molecule has 1 aliphatic heterocycles. The van der Waals surface area contributed by atoms with E-state index in [0.29, 0.717) is 52.1 Å². The smallest absolute Gasteiger partial charge is 0.229 e. The van der Waals surface area contributed by atoms with E-state index in [1.807, 2.05) is 42.5 Å². The van der Waals surface area contributed by atoms with Crippen LogP contribution in [0.2, 0.25) is 5.02 Å². The molecule has 1 saturated heterocycles. The number of aryl methyl sites for hydroxylation is 1. The average Bonchev–Trinajstić information content (AvgIpc) is 3.11. The number of aliphatic hydroxyl groups is 1. The molecule has 0 bridgehead atoms. The quantitative estimate of drug-likeness (QED) is 0.110. The zero-order valence-corrected chi connectivity index (χ0v) is 32.1. The van der Waals surface area contributed by atoms with Crippen LogP contribution in [0.5, 0.6) is 5.75 Å². The summed E-state index contributed by atoms with van der Waals surface area (Å²) in [6.07, 6.45) is 5.61. The van der Waals surface area contributed by atoms with Crippen LogP contribution in [0.25, 0.3) is 0 Å². The Morgan fingerprint density at radius 3 is 2.50 bits per heavy atom. The lowest BCUT2D eigenvalue weighted by atomic mass is 9.82. The number of piperidine rings is 1. The topological polar surface area (TPSA) is 99.6 Å². The van der Waals surface area contributed by atoms with Crippen molar-refractivity contribution in [3.63, 3.8) is 0 Å². The third-order valence-corrected chi connectivity index (χ3v) is 13.2. The first-order chi connectivity index (χ1) is 23.9. The Bertz CT molecular complexity index is 1840. The number of aromatic nitrogens is 2. The molecule has 0 aliphatic carbocycles. The van der Waals surface area contributed by atoms with Crippen molar-refractivity contribution in [1.29, 1.82) is 0 Å². The lowest BCUT2D eigenvalue weighted by Crippen LogP contribution is -2.42. The fraction of sp³-hybridized carbons (Fsp3) is 0.410. The highest BCUT2D eigenvalue weighted by Crippen LogP contribution is 2.37. The third-order valence-electron chi connectivity index (χ3n) is 9.58. The van der Waals surface area contributed by atoms with Gasteiger partial charge in [0.1, 0.15) is 17.1 Å². The maximum Gasteiger partial charge on any atom is 0.229 e. The number of hydrogen-bond donors (Lipinski definition) is 3. The Morgan fingerprint density at radius 1 is 1.08 bits per heavy atom.